The molecule has 2 atom stereocenters. The highest BCUT2D eigenvalue weighted by atomic mass is 32.2. The molecule has 1 saturated carbocycles. The normalized spacial score (nSPS) is 18.6. The van der Waals surface area contributed by atoms with E-state index in [0.29, 0.717) is 31.6 Å². The molecule has 37 heavy (non-hydrogen) atoms. The first-order valence-electron chi connectivity index (χ1n) is 12.2. The number of nitrogens with zero attached hydrogens (tertiary/aromatic N) is 3. The van der Waals surface area contributed by atoms with Gasteiger partial charge in [-0.25, -0.2) is 18.2 Å². The average molecular weight is 526 g/mol. The highest BCUT2D eigenvalue weighted by molar-refractivity contribution is 7.92. The van der Waals surface area contributed by atoms with Gasteiger partial charge in [-0.3, -0.25) is 19.1 Å². The van der Waals surface area contributed by atoms with E-state index in [4.69, 9.17) is 4.74 Å². The first kappa shape index (κ1) is 25.2. The fourth-order valence-electron chi connectivity index (χ4n) is 4.63. The van der Waals surface area contributed by atoms with E-state index in [2.05, 4.69) is 14.7 Å². The third-order valence-electron chi connectivity index (χ3n) is 6.87. The van der Waals surface area contributed by atoms with Gasteiger partial charge in [-0.1, -0.05) is 0 Å². The Morgan fingerprint density at radius 1 is 1.16 bits per heavy atom. The van der Waals surface area contributed by atoms with Crippen LogP contribution in [-0.2, 0) is 30.5 Å². The molecule has 1 aliphatic heterocycles. The van der Waals surface area contributed by atoms with E-state index in [1.54, 1.807) is 6.07 Å². The Bertz CT molecular complexity index is 1510. The third-order valence-corrected chi connectivity index (χ3v) is 9.13. The van der Waals surface area contributed by atoms with Gasteiger partial charge in [-0.05, 0) is 56.0 Å². The van der Waals surface area contributed by atoms with Crippen molar-refractivity contribution >= 4 is 32.5 Å². The Hall–Kier alpha value is -3.44. The summed E-state index contributed by atoms with van der Waals surface area (Å²) in [4.78, 5) is 47.3. The van der Waals surface area contributed by atoms with Crippen molar-refractivity contribution in [2.75, 3.05) is 13.7 Å². The summed E-state index contributed by atoms with van der Waals surface area (Å²) in [6.45, 7) is 0.602. The standard InChI is InChI=1S/C26H27N3O7S/c1-35-26(32)16-4-5-17(27-14-16)11-24(30)23(12-18-3-2-10-36-18)29-15-28-22-13-20(8-9-21(22)25(29)31)37(33,34)19-6-7-19/h4-5,8-9,13-15,18-19,23H,2-3,6-7,10-12H2,1H3. The van der Waals surface area contributed by atoms with Crippen molar-refractivity contribution in [3.63, 3.8) is 0 Å². The average Bonchev–Trinajstić information content (AvgIpc) is 3.65. The van der Waals surface area contributed by atoms with Crippen LogP contribution in [0.5, 0.6) is 0 Å². The van der Waals surface area contributed by atoms with E-state index < -0.39 is 27.4 Å². The minimum absolute atomic E-state index is 0.0537. The van der Waals surface area contributed by atoms with Crippen molar-refractivity contribution in [2.45, 2.75) is 60.8 Å². The molecule has 0 radical (unpaired) electrons. The molecule has 0 spiro atoms. The Morgan fingerprint density at radius 3 is 2.62 bits per heavy atom. The fourth-order valence-corrected chi connectivity index (χ4v) is 6.30. The van der Waals surface area contributed by atoms with Crippen LogP contribution in [0.25, 0.3) is 10.9 Å². The van der Waals surface area contributed by atoms with E-state index >= 15 is 0 Å². The molecule has 0 amide bonds. The van der Waals surface area contributed by atoms with Crippen molar-refractivity contribution in [1.29, 1.82) is 0 Å². The second kappa shape index (κ2) is 10.1. The van der Waals surface area contributed by atoms with Gasteiger partial charge in [-0.2, -0.15) is 0 Å². The van der Waals surface area contributed by atoms with Crippen LogP contribution in [0.1, 0.15) is 54.2 Å². The monoisotopic (exact) mass is 525 g/mol. The number of methoxy groups -OCH3 is 1. The number of hydrogen-bond acceptors (Lipinski definition) is 9. The van der Waals surface area contributed by atoms with Crippen LogP contribution in [0.15, 0.2) is 52.5 Å². The lowest BCUT2D eigenvalue weighted by Gasteiger charge is -2.22. The van der Waals surface area contributed by atoms with Crippen molar-refractivity contribution in [2.24, 2.45) is 0 Å². The zero-order valence-electron chi connectivity index (χ0n) is 20.3. The lowest BCUT2D eigenvalue weighted by atomic mass is 9.99. The largest absolute Gasteiger partial charge is 0.465 e. The molecule has 0 N–H and O–H groups in total. The van der Waals surface area contributed by atoms with Gasteiger partial charge in [0, 0.05) is 24.9 Å². The highest BCUT2D eigenvalue weighted by Crippen LogP contribution is 2.34. The van der Waals surface area contributed by atoms with Crippen LogP contribution in [0.2, 0.25) is 0 Å². The molecule has 2 fully saturated rings. The fraction of sp³-hybridized carbons (Fsp3) is 0.423. The molecule has 3 heterocycles. The number of esters is 1. The molecule has 2 unspecified atom stereocenters. The molecule has 0 bridgehead atoms. The smallest absolute Gasteiger partial charge is 0.339 e. The number of benzene rings is 1. The first-order chi connectivity index (χ1) is 17.8. The lowest BCUT2D eigenvalue weighted by Crippen LogP contribution is -2.33. The van der Waals surface area contributed by atoms with Gasteiger partial charge in [0.25, 0.3) is 5.56 Å². The molecule has 2 aliphatic rings. The minimum Gasteiger partial charge on any atom is -0.465 e. The summed E-state index contributed by atoms with van der Waals surface area (Å²) < 4.78 is 37.0. The highest BCUT2D eigenvalue weighted by Gasteiger charge is 2.37. The summed E-state index contributed by atoms with van der Waals surface area (Å²) in [7, 11) is -2.15. The number of pyridine rings is 1. The molecule has 2 aromatic heterocycles. The van der Waals surface area contributed by atoms with Gasteiger partial charge < -0.3 is 9.47 Å². The molecule has 1 aliphatic carbocycles. The van der Waals surface area contributed by atoms with Crippen LogP contribution >= 0.6 is 0 Å². The Kier molecular flexibility index (Phi) is 6.91. The maximum atomic E-state index is 13.5. The van der Waals surface area contributed by atoms with E-state index in [0.717, 1.165) is 12.8 Å². The lowest BCUT2D eigenvalue weighted by molar-refractivity contribution is -0.122. The Morgan fingerprint density at radius 2 is 1.97 bits per heavy atom. The molecule has 194 valence electrons. The van der Waals surface area contributed by atoms with E-state index in [1.807, 2.05) is 0 Å². The number of aromatic nitrogens is 3. The van der Waals surface area contributed by atoms with E-state index in [1.165, 1.54) is 48.5 Å². The number of fused-ring (bicyclic) bond motifs is 1. The summed E-state index contributed by atoms with van der Waals surface area (Å²) in [6.07, 6.45) is 5.69. The van der Waals surface area contributed by atoms with Crippen LogP contribution in [0.4, 0.5) is 0 Å². The van der Waals surface area contributed by atoms with Crippen molar-refractivity contribution < 1.29 is 27.5 Å². The number of ketones is 1. The molecular weight excluding hydrogens is 498 g/mol. The maximum Gasteiger partial charge on any atom is 0.339 e. The summed E-state index contributed by atoms with van der Waals surface area (Å²) in [5, 5.41) is -0.128. The van der Waals surface area contributed by atoms with Gasteiger partial charge in [0.1, 0.15) is 0 Å². The second-order valence-corrected chi connectivity index (χ2v) is 11.7. The molecule has 5 rings (SSSR count). The number of sulfone groups is 1. The zero-order chi connectivity index (χ0) is 26.2. The van der Waals surface area contributed by atoms with Crippen LogP contribution in [0.3, 0.4) is 0 Å². The maximum absolute atomic E-state index is 13.5. The third kappa shape index (κ3) is 5.19. The SMILES string of the molecule is COC(=O)c1ccc(CC(=O)C(CC2CCCO2)n2cnc3cc(S(=O)(=O)C4CC4)ccc3c2=O)nc1. The number of carbonyl (C=O) groups excluding carboxylic acids is 2. The van der Waals surface area contributed by atoms with Gasteiger partial charge >= 0.3 is 5.97 Å². The van der Waals surface area contributed by atoms with E-state index in [-0.39, 0.29) is 44.9 Å². The first-order valence-corrected chi connectivity index (χ1v) is 13.7. The predicted octanol–water partition coefficient (Wildman–Crippen LogP) is 2.44. The van der Waals surface area contributed by atoms with Crippen molar-refractivity contribution in [3.8, 4) is 0 Å². The molecular formula is C26H27N3O7S. The topological polar surface area (TPSA) is 135 Å². The summed E-state index contributed by atoms with van der Waals surface area (Å²) >= 11 is 0. The number of rotatable bonds is 9. The van der Waals surface area contributed by atoms with Gasteiger partial charge in [-0.15, -0.1) is 0 Å². The predicted molar refractivity (Wildman–Crippen MR) is 133 cm³/mol. The van der Waals surface area contributed by atoms with E-state index in [9.17, 15) is 22.8 Å². The number of Topliss-reactive ketones (excluding diaryl/α,β-unsaturated/α-hetero) is 1. The second-order valence-electron chi connectivity index (χ2n) is 9.44. The van der Waals surface area contributed by atoms with Crippen LogP contribution in [0, 0.1) is 0 Å². The zero-order valence-corrected chi connectivity index (χ0v) is 21.1. The van der Waals surface area contributed by atoms with Crippen molar-refractivity contribution in [1.82, 2.24) is 14.5 Å². The summed E-state index contributed by atoms with van der Waals surface area (Å²) in [6, 6.07) is 6.61. The van der Waals surface area contributed by atoms with Crippen LogP contribution < -0.4 is 5.56 Å². The minimum atomic E-state index is -3.43. The summed E-state index contributed by atoms with van der Waals surface area (Å²) in [5.41, 5.74) is 0.566. The molecule has 1 aromatic carbocycles. The van der Waals surface area contributed by atoms with Crippen LogP contribution in [-0.4, -0.2) is 59.8 Å². The molecule has 11 heteroatoms. The number of hydrogen-bond donors (Lipinski definition) is 0. The number of carbonyl (C=O) groups is 2. The summed E-state index contributed by atoms with van der Waals surface area (Å²) in [5.74, 6) is -0.770. The van der Waals surface area contributed by atoms with Gasteiger partial charge in [0.15, 0.2) is 15.6 Å². The molecule has 1 saturated heterocycles. The van der Waals surface area contributed by atoms with Crippen molar-refractivity contribution in [3.05, 3.63) is 64.5 Å². The Balaban J connectivity index is 1.46. The van der Waals surface area contributed by atoms with Gasteiger partial charge in [0.2, 0.25) is 0 Å². The van der Waals surface area contributed by atoms with Gasteiger partial charge in [0.05, 0.1) is 58.6 Å². The molecule has 3 aromatic rings. The Labute approximate surface area is 213 Å². The number of ether oxygens (including phenoxy) is 2. The quantitative estimate of drug-likeness (QED) is 0.386. The molecule has 10 nitrogen and oxygen atoms in total.